The number of ketones is 1. The molecule has 2 aromatic heterocycles. The normalized spacial score (nSPS) is 12.7. The van der Waals surface area contributed by atoms with Gasteiger partial charge < -0.3 is 9.30 Å². The van der Waals surface area contributed by atoms with Gasteiger partial charge in [0.05, 0.1) is 11.1 Å². The smallest absolute Gasteiger partial charge is 0.339 e. The molecule has 5 rings (SSSR count). The average molecular weight is 471 g/mol. The Bertz CT molecular complexity index is 1440. The van der Waals surface area contributed by atoms with Crippen molar-refractivity contribution in [3.63, 3.8) is 0 Å². The van der Waals surface area contributed by atoms with Crippen LogP contribution in [0.1, 0.15) is 55.3 Å². The van der Waals surface area contributed by atoms with Crippen molar-refractivity contribution in [1.82, 2.24) is 9.55 Å². The van der Waals surface area contributed by atoms with Gasteiger partial charge in [-0.2, -0.15) is 0 Å². The van der Waals surface area contributed by atoms with Crippen molar-refractivity contribution in [3.8, 4) is 0 Å². The van der Waals surface area contributed by atoms with Crippen LogP contribution in [0.25, 0.3) is 10.9 Å². The maximum absolute atomic E-state index is 13.2. The van der Waals surface area contributed by atoms with Crippen molar-refractivity contribution in [2.24, 2.45) is 0 Å². The Kier molecular flexibility index (Phi) is 6.20. The van der Waals surface area contributed by atoms with Gasteiger partial charge in [-0.1, -0.05) is 30.3 Å². The molecule has 6 heteroatoms. The van der Waals surface area contributed by atoms with Gasteiger partial charge in [0, 0.05) is 34.6 Å². The number of aromatic nitrogens is 2. The molecule has 0 atom stereocenters. The van der Waals surface area contributed by atoms with Crippen LogP contribution >= 0.6 is 0 Å². The molecule has 0 saturated heterocycles. The molecule has 0 radical (unpaired) electrons. The number of aryl methyl sites for hydroxylation is 3. The summed E-state index contributed by atoms with van der Waals surface area (Å²) < 4.78 is 20.8. The first-order chi connectivity index (χ1) is 16.9. The summed E-state index contributed by atoms with van der Waals surface area (Å²) in [5.41, 5.74) is 6.58. The van der Waals surface area contributed by atoms with Crippen LogP contribution in [-0.2, 0) is 30.5 Å². The second kappa shape index (κ2) is 9.45. The number of carbonyl (C=O) groups excluding carboxylic acids is 2. The number of hydrogen-bond acceptors (Lipinski definition) is 4. The van der Waals surface area contributed by atoms with Gasteiger partial charge in [-0.05, 0) is 74.9 Å². The van der Waals surface area contributed by atoms with E-state index in [9.17, 15) is 14.0 Å². The van der Waals surface area contributed by atoms with E-state index in [1.165, 1.54) is 12.1 Å². The minimum Gasteiger partial charge on any atom is -0.454 e. The maximum Gasteiger partial charge on any atom is 0.339 e. The van der Waals surface area contributed by atoms with E-state index in [1.807, 2.05) is 44.2 Å². The number of hydrogen-bond donors (Lipinski definition) is 0. The van der Waals surface area contributed by atoms with Gasteiger partial charge in [-0.15, -0.1) is 0 Å². The highest BCUT2D eigenvalue weighted by atomic mass is 19.1. The number of para-hydroxylation sites is 1. The minimum absolute atomic E-state index is 0.227. The first kappa shape index (κ1) is 23.0. The monoisotopic (exact) mass is 470 g/mol. The number of carbonyl (C=O) groups is 2. The van der Waals surface area contributed by atoms with Crippen molar-refractivity contribution in [2.75, 3.05) is 6.61 Å². The van der Waals surface area contributed by atoms with Crippen LogP contribution in [0, 0.1) is 19.7 Å². The number of pyridine rings is 1. The molecule has 2 heterocycles. The summed E-state index contributed by atoms with van der Waals surface area (Å²) in [6, 6.07) is 15.9. The zero-order valence-electron chi connectivity index (χ0n) is 19.9. The third-order valence-corrected chi connectivity index (χ3v) is 6.87. The first-order valence-electron chi connectivity index (χ1n) is 11.9. The fraction of sp³-hybridized carbons (Fsp3) is 0.276. The van der Waals surface area contributed by atoms with Crippen molar-refractivity contribution in [1.29, 1.82) is 0 Å². The summed E-state index contributed by atoms with van der Waals surface area (Å²) in [5, 5.41) is 0.768. The van der Waals surface area contributed by atoms with Crippen LogP contribution < -0.4 is 0 Å². The molecular formula is C29H27FN2O3. The lowest BCUT2D eigenvalue weighted by Gasteiger charge is -2.12. The summed E-state index contributed by atoms with van der Waals surface area (Å²) in [6.45, 7) is 4.21. The molecule has 2 aromatic carbocycles. The second-order valence-electron chi connectivity index (χ2n) is 9.09. The zero-order chi connectivity index (χ0) is 24.5. The molecule has 0 spiro atoms. The van der Waals surface area contributed by atoms with E-state index in [2.05, 4.69) is 4.57 Å². The van der Waals surface area contributed by atoms with Crippen molar-refractivity contribution >= 4 is 22.7 Å². The number of benzene rings is 2. The predicted molar refractivity (Wildman–Crippen MR) is 132 cm³/mol. The van der Waals surface area contributed by atoms with Gasteiger partial charge >= 0.3 is 5.97 Å². The SMILES string of the molecule is Cc1cc(C(=O)COC(=O)c2c3c(nc4ccccc24)CCC3)c(C)n1CCc1ccc(F)cc1. The highest BCUT2D eigenvalue weighted by Gasteiger charge is 2.26. The summed E-state index contributed by atoms with van der Waals surface area (Å²) in [7, 11) is 0. The quantitative estimate of drug-likeness (QED) is 0.262. The minimum atomic E-state index is -0.472. The molecule has 4 aromatic rings. The van der Waals surface area contributed by atoms with E-state index in [4.69, 9.17) is 9.72 Å². The van der Waals surface area contributed by atoms with E-state index in [0.717, 1.165) is 64.8 Å². The first-order valence-corrected chi connectivity index (χ1v) is 11.9. The number of rotatable bonds is 7. The fourth-order valence-electron chi connectivity index (χ4n) is 5.04. The van der Waals surface area contributed by atoms with Gasteiger partial charge in [-0.25, -0.2) is 9.18 Å². The molecule has 0 N–H and O–H groups in total. The van der Waals surface area contributed by atoms with E-state index < -0.39 is 5.97 Å². The molecule has 5 nitrogen and oxygen atoms in total. The Morgan fingerprint density at radius 3 is 2.63 bits per heavy atom. The molecular weight excluding hydrogens is 443 g/mol. The Labute approximate surface area is 203 Å². The molecule has 0 unspecified atom stereocenters. The molecule has 0 bridgehead atoms. The predicted octanol–water partition coefficient (Wildman–Crippen LogP) is 5.56. The van der Waals surface area contributed by atoms with Crippen LogP contribution in [-0.4, -0.2) is 27.9 Å². The lowest BCUT2D eigenvalue weighted by molar-refractivity contribution is 0.0475. The Hall–Kier alpha value is -3.80. The van der Waals surface area contributed by atoms with E-state index in [1.54, 1.807) is 12.1 Å². The van der Waals surface area contributed by atoms with Crippen molar-refractivity contribution in [3.05, 3.63) is 99.8 Å². The number of ether oxygens (including phenoxy) is 1. The molecule has 0 fully saturated rings. The van der Waals surface area contributed by atoms with E-state index in [0.29, 0.717) is 17.7 Å². The van der Waals surface area contributed by atoms with Gasteiger partial charge in [0.25, 0.3) is 0 Å². The van der Waals surface area contributed by atoms with E-state index in [-0.39, 0.29) is 18.2 Å². The molecule has 1 aliphatic carbocycles. The maximum atomic E-state index is 13.2. The second-order valence-corrected chi connectivity index (χ2v) is 9.09. The third-order valence-electron chi connectivity index (χ3n) is 6.87. The molecule has 0 aliphatic heterocycles. The molecule has 178 valence electrons. The molecule has 0 saturated carbocycles. The molecule has 1 aliphatic rings. The number of Topliss-reactive ketones (excluding diaryl/α,β-unsaturated/α-hetero) is 1. The Morgan fingerprint density at radius 2 is 1.83 bits per heavy atom. The van der Waals surface area contributed by atoms with Gasteiger partial charge in [0.2, 0.25) is 5.78 Å². The van der Waals surface area contributed by atoms with E-state index >= 15 is 0 Å². The summed E-state index contributed by atoms with van der Waals surface area (Å²) >= 11 is 0. The number of halogens is 1. The van der Waals surface area contributed by atoms with Gasteiger partial charge in [0.15, 0.2) is 6.61 Å². The summed E-state index contributed by atoms with van der Waals surface area (Å²) in [5.74, 6) is -0.955. The lowest BCUT2D eigenvalue weighted by Crippen LogP contribution is -2.17. The number of fused-ring (bicyclic) bond motifs is 2. The fourth-order valence-corrected chi connectivity index (χ4v) is 5.04. The topological polar surface area (TPSA) is 61.2 Å². The Morgan fingerprint density at radius 1 is 1.06 bits per heavy atom. The van der Waals surface area contributed by atoms with Crippen molar-refractivity contribution in [2.45, 2.75) is 46.1 Å². The van der Waals surface area contributed by atoms with Crippen molar-refractivity contribution < 1.29 is 18.7 Å². The lowest BCUT2D eigenvalue weighted by atomic mass is 10.0. The van der Waals surface area contributed by atoms with Crippen LogP contribution in [0.15, 0.2) is 54.6 Å². The van der Waals surface area contributed by atoms with Gasteiger partial charge in [0.1, 0.15) is 5.82 Å². The number of nitrogens with zero attached hydrogens (tertiary/aromatic N) is 2. The molecule has 0 amide bonds. The van der Waals surface area contributed by atoms with Crippen LogP contribution in [0.3, 0.4) is 0 Å². The van der Waals surface area contributed by atoms with Crippen LogP contribution in [0.4, 0.5) is 4.39 Å². The largest absolute Gasteiger partial charge is 0.454 e. The standard InChI is InChI=1S/C29H27FN2O3/c1-18-16-24(19(2)32(18)15-14-20-10-12-21(30)13-11-20)27(33)17-35-29(34)28-22-6-3-4-8-25(22)31-26-9-5-7-23(26)28/h3-4,6,8,10-13,16H,5,7,9,14-15,17H2,1-2H3. The zero-order valence-corrected chi connectivity index (χ0v) is 19.9. The van der Waals surface area contributed by atoms with Crippen LogP contribution in [0.5, 0.6) is 0 Å². The highest BCUT2D eigenvalue weighted by Crippen LogP contribution is 2.30. The third kappa shape index (κ3) is 4.48. The Balaban J connectivity index is 1.31. The summed E-state index contributed by atoms with van der Waals surface area (Å²) in [6.07, 6.45) is 3.32. The number of esters is 1. The average Bonchev–Trinajstić information content (AvgIpc) is 3.44. The summed E-state index contributed by atoms with van der Waals surface area (Å²) in [4.78, 5) is 30.9. The molecule has 35 heavy (non-hydrogen) atoms. The van der Waals surface area contributed by atoms with Gasteiger partial charge in [-0.3, -0.25) is 9.78 Å². The highest BCUT2D eigenvalue weighted by molar-refractivity contribution is 6.06. The van der Waals surface area contributed by atoms with Crippen LogP contribution in [0.2, 0.25) is 0 Å².